The number of nitrogens with one attached hydrogen (secondary N) is 1. The van der Waals surface area contributed by atoms with Gasteiger partial charge >= 0.3 is 12.2 Å². The normalized spacial score (nSPS) is 13.1. The zero-order chi connectivity index (χ0) is 23.7. The van der Waals surface area contributed by atoms with Crippen LogP contribution < -0.4 is 0 Å². The highest BCUT2D eigenvalue weighted by atomic mass is 16.6. The number of H-pyrrole nitrogens is 1. The van der Waals surface area contributed by atoms with E-state index in [4.69, 9.17) is 19.9 Å². The summed E-state index contributed by atoms with van der Waals surface area (Å²) in [5, 5.41) is 3.76. The number of aromatic nitrogens is 1. The van der Waals surface area contributed by atoms with E-state index in [-0.39, 0.29) is 12.2 Å². The number of rotatable bonds is 4. The van der Waals surface area contributed by atoms with E-state index >= 15 is 0 Å². The van der Waals surface area contributed by atoms with Crippen molar-refractivity contribution in [2.75, 3.05) is 13.1 Å². The molecule has 32 heavy (non-hydrogen) atoms. The maximum atomic E-state index is 12.2. The number of benzene rings is 1. The molecule has 1 aliphatic heterocycles. The summed E-state index contributed by atoms with van der Waals surface area (Å²) in [7, 11) is 0. The molecule has 1 amide bonds. The van der Waals surface area contributed by atoms with Gasteiger partial charge in [-0.2, -0.15) is 9.59 Å². The molecule has 1 aliphatic rings. The summed E-state index contributed by atoms with van der Waals surface area (Å²) >= 11 is 0. The van der Waals surface area contributed by atoms with Crippen LogP contribution >= 0.6 is 0 Å². The lowest BCUT2D eigenvalue weighted by Crippen LogP contribution is -2.39. The summed E-state index contributed by atoms with van der Waals surface area (Å²) in [4.78, 5) is 36.4. The summed E-state index contributed by atoms with van der Waals surface area (Å²) in [6.45, 7) is 8.85. The van der Waals surface area contributed by atoms with E-state index in [1.807, 2.05) is 33.8 Å². The lowest BCUT2D eigenvalue weighted by atomic mass is 9.98. The van der Waals surface area contributed by atoms with Gasteiger partial charge in [-0.25, -0.2) is 4.79 Å². The molecule has 2 heterocycles. The second-order valence-corrected chi connectivity index (χ2v) is 8.16. The predicted molar refractivity (Wildman–Crippen MR) is 120 cm³/mol. The number of hydrogen-bond donors (Lipinski definition) is 1. The third-order valence-corrected chi connectivity index (χ3v) is 4.81. The Bertz CT molecular complexity index is 1050. The molecule has 1 aromatic carbocycles. The summed E-state index contributed by atoms with van der Waals surface area (Å²) in [5.41, 5.74) is 14.2. The topological polar surface area (TPSA) is 128 Å². The molecule has 1 N–H and O–H groups in total. The molecule has 3 rings (SSSR count). The monoisotopic (exact) mass is 437 g/mol. The molecule has 0 spiro atoms. The van der Waals surface area contributed by atoms with Gasteiger partial charge in [0.25, 0.3) is 0 Å². The lowest BCUT2D eigenvalue weighted by Gasteiger charge is -2.29. The molecule has 0 saturated carbocycles. The molecule has 0 fully saturated rings. The van der Waals surface area contributed by atoms with Crippen molar-refractivity contribution in [2.45, 2.75) is 46.1 Å². The van der Waals surface area contributed by atoms with Crippen LogP contribution in [0.15, 0.2) is 41.5 Å². The average molecular weight is 438 g/mol. The molecular weight excluding hydrogens is 410 g/mol. The average Bonchev–Trinajstić information content (AvgIpc) is 3.17. The van der Waals surface area contributed by atoms with Crippen molar-refractivity contribution in [3.63, 3.8) is 0 Å². The molecule has 2 aromatic rings. The van der Waals surface area contributed by atoms with E-state index in [0.717, 1.165) is 35.4 Å². The summed E-state index contributed by atoms with van der Waals surface area (Å²) < 4.78 is 5.45. The van der Waals surface area contributed by atoms with Crippen LogP contribution in [0.25, 0.3) is 27.3 Å². The van der Waals surface area contributed by atoms with Crippen molar-refractivity contribution < 1.29 is 19.1 Å². The minimum atomic E-state index is -0.481. The third kappa shape index (κ3) is 6.60. The molecule has 0 saturated heterocycles. The molecule has 0 unspecified atom stereocenters. The van der Waals surface area contributed by atoms with Gasteiger partial charge in [0.15, 0.2) is 0 Å². The molecule has 0 aliphatic carbocycles. The first-order valence-electron chi connectivity index (χ1n) is 10.3. The number of hydrogen-bond acceptors (Lipinski definition) is 5. The number of carbonyl (C=O) groups is 1. The van der Waals surface area contributed by atoms with Crippen LogP contribution in [0.4, 0.5) is 10.5 Å². The molecular formula is C23H27N5O4. The highest BCUT2D eigenvalue weighted by Gasteiger charge is 2.23. The largest absolute Gasteiger partial charge is 0.444 e. The molecule has 0 bridgehead atoms. The fourth-order valence-corrected chi connectivity index (χ4v) is 3.34. The van der Waals surface area contributed by atoms with Crippen molar-refractivity contribution in [3.05, 3.63) is 58.1 Å². The van der Waals surface area contributed by atoms with Crippen LogP contribution in [0.5, 0.6) is 0 Å². The number of carbonyl (C=O) groups excluding carboxylic acids is 3. The Morgan fingerprint density at radius 1 is 1.25 bits per heavy atom. The van der Waals surface area contributed by atoms with Gasteiger partial charge in [0.2, 0.25) is 0 Å². The fourth-order valence-electron chi connectivity index (χ4n) is 3.34. The summed E-state index contributed by atoms with van der Waals surface area (Å²) in [6.07, 6.45) is 3.64. The van der Waals surface area contributed by atoms with E-state index < -0.39 is 5.60 Å². The maximum absolute atomic E-state index is 12.2. The van der Waals surface area contributed by atoms with E-state index in [0.29, 0.717) is 18.8 Å². The minimum absolute atomic E-state index is 0.250. The molecule has 1 aromatic heterocycles. The van der Waals surface area contributed by atoms with Crippen LogP contribution in [0.1, 0.15) is 45.4 Å². The van der Waals surface area contributed by atoms with Crippen LogP contribution in [0.3, 0.4) is 0 Å². The maximum Gasteiger partial charge on any atom is 0.410 e. The van der Waals surface area contributed by atoms with E-state index in [1.54, 1.807) is 4.90 Å². The van der Waals surface area contributed by atoms with E-state index in [9.17, 15) is 4.79 Å². The molecule has 9 nitrogen and oxygen atoms in total. The molecule has 168 valence electrons. The fraction of sp³-hybridized carbons (Fsp3) is 0.391. The van der Waals surface area contributed by atoms with Crippen molar-refractivity contribution in [1.82, 2.24) is 9.88 Å². The number of ether oxygens (including phenoxy) is 1. The Labute approximate surface area is 186 Å². The second kappa shape index (κ2) is 11.0. The number of aromatic amines is 1. The zero-order valence-corrected chi connectivity index (χ0v) is 18.7. The van der Waals surface area contributed by atoms with Crippen LogP contribution in [-0.2, 0) is 20.7 Å². The Kier molecular flexibility index (Phi) is 8.41. The summed E-state index contributed by atoms with van der Waals surface area (Å²) in [5.74, 6) is 0. The zero-order valence-electron chi connectivity index (χ0n) is 18.7. The Morgan fingerprint density at radius 3 is 2.38 bits per heavy atom. The van der Waals surface area contributed by atoms with Crippen molar-refractivity contribution in [1.29, 1.82) is 0 Å². The van der Waals surface area contributed by atoms with Gasteiger partial charge in [0.1, 0.15) is 5.60 Å². The molecule has 0 radical (unpaired) electrons. The van der Waals surface area contributed by atoms with Crippen molar-refractivity contribution in [2.24, 2.45) is 5.11 Å². The first kappa shape index (κ1) is 24.5. The lowest BCUT2D eigenvalue weighted by molar-refractivity contribution is -0.191. The first-order valence-corrected chi connectivity index (χ1v) is 10.3. The van der Waals surface area contributed by atoms with Gasteiger partial charge < -0.3 is 14.6 Å². The molecule has 0 atom stereocenters. The Balaban J connectivity index is 0.00000114. The first-order chi connectivity index (χ1) is 15.2. The minimum Gasteiger partial charge on any atom is -0.444 e. The van der Waals surface area contributed by atoms with Gasteiger partial charge in [-0.3, -0.25) is 0 Å². The van der Waals surface area contributed by atoms with Gasteiger partial charge in [0.05, 0.1) is 5.69 Å². The highest BCUT2D eigenvalue weighted by molar-refractivity contribution is 5.74. The SMILES string of the molecule is CCc1[nH]c(-c2ccc(C3=CCN(C(=O)OC(C)(C)C)CC3)cc2)cc1N=[N+]=[N-].O=C=O. The predicted octanol–water partition coefficient (Wildman–Crippen LogP) is 5.63. The van der Waals surface area contributed by atoms with Crippen LogP contribution in [0, 0.1) is 0 Å². The third-order valence-electron chi connectivity index (χ3n) is 4.81. The second-order valence-electron chi connectivity index (χ2n) is 8.16. The molecule has 9 heteroatoms. The summed E-state index contributed by atoms with van der Waals surface area (Å²) in [6, 6.07) is 10.2. The number of azide groups is 1. The van der Waals surface area contributed by atoms with Gasteiger partial charge in [-0.1, -0.05) is 42.4 Å². The van der Waals surface area contributed by atoms with Gasteiger partial charge in [-0.15, -0.1) is 0 Å². The van der Waals surface area contributed by atoms with Crippen LogP contribution in [0.2, 0.25) is 0 Å². The highest BCUT2D eigenvalue weighted by Crippen LogP contribution is 2.30. The van der Waals surface area contributed by atoms with Gasteiger partial charge in [-0.05, 0) is 61.9 Å². The van der Waals surface area contributed by atoms with Gasteiger partial charge in [0, 0.05) is 29.4 Å². The Morgan fingerprint density at radius 2 is 1.88 bits per heavy atom. The smallest absolute Gasteiger partial charge is 0.410 e. The quantitative estimate of drug-likeness (QED) is 0.378. The van der Waals surface area contributed by atoms with Crippen molar-refractivity contribution >= 4 is 23.5 Å². The van der Waals surface area contributed by atoms with E-state index in [1.165, 1.54) is 5.57 Å². The number of aryl methyl sites for hydroxylation is 1. The van der Waals surface area contributed by atoms with Crippen molar-refractivity contribution in [3.8, 4) is 11.3 Å². The number of nitrogens with zero attached hydrogens (tertiary/aromatic N) is 4. The number of amides is 1. The van der Waals surface area contributed by atoms with E-state index in [2.05, 4.69) is 45.4 Å². The Hall–Kier alpha value is -3.80. The van der Waals surface area contributed by atoms with Crippen LogP contribution in [-0.4, -0.2) is 40.8 Å². The standard InChI is InChI=1S/C22H27N5O2.CO2/c1-5-18-20(25-26-23)14-19(24-18)17-8-6-15(7-9-17)16-10-12-27(13-11-16)21(28)29-22(2,3)4;2-1-3/h6-10,14,24H,5,11-13H2,1-4H3;.